The molecule has 1 aromatic carbocycles. The summed E-state index contributed by atoms with van der Waals surface area (Å²) in [5.74, 6) is -0.323. The SMILES string of the molecule is O=C([C@@H]1CN(S(=O)(=O)c2ccccc2Cl)CCO1)N1CCN(CC(F)F)CC1. The van der Waals surface area contributed by atoms with Crippen LogP contribution < -0.4 is 0 Å². The van der Waals surface area contributed by atoms with Gasteiger partial charge in [0, 0.05) is 39.3 Å². The number of hydrogen-bond acceptors (Lipinski definition) is 5. The van der Waals surface area contributed by atoms with Gasteiger partial charge in [0.2, 0.25) is 10.0 Å². The normalized spacial score (nSPS) is 22.6. The second-order valence-electron chi connectivity index (χ2n) is 6.67. The van der Waals surface area contributed by atoms with Gasteiger partial charge in [0.25, 0.3) is 12.3 Å². The number of hydrogen-bond donors (Lipinski definition) is 0. The van der Waals surface area contributed by atoms with E-state index in [0.29, 0.717) is 26.2 Å². The van der Waals surface area contributed by atoms with Crippen LogP contribution in [-0.4, -0.2) is 93.4 Å². The van der Waals surface area contributed by atoms with E-state index < -0.39 is 22.6 Å². The van der Waals surface area contributed by atoms with Crippen molar-refractivity contribution >= 4 is 27.5 Å². The fraction of sp³-hybridized carbons (Fsp3) is 0.588. The molecule has 0 saturated carbocycles. The van der Waals surface area contributed by atoms with Gasteiger partial charge in [-0.3, -0.25) is 9.69 Å². The molecule has 7 nitrogen and oxygen atoms in total. The van der Waals surface area contributed by atoms with Crippen molar-refractivity contribution in [3.05, 3.63) is 29.3 Å². The van der Waals surface area contributed by atoms with Crippen molar-refractivity contribution < 1.29 is 26.7 Å². The summed E-state index contributed by atoms with van der Waals surface area (Å²) < 4.78 is 57.4. The van der Waals surface area contributed by atoms with E-state index in [1.807, 2.05) is 0 Å². The molecule has 156 valence electrons. The van der Waals surface area contributed by atoms with Crippen molar-refractivity contribution in [2.45, 2.75) is 17.4 Å². The number of benzene rings is 1. The molecule has 2 aliphatic rings. The van der Waals surface area contributed by atoms with E-state index in [-0.39, 0.29) is 42.1 Å². The largest absolute Gasteiger partial charge is 0.366 e. The van der Waals surface area contributed by atoms with Gasteiger partial charge >= 0.3 is 0 Å². The number of alkyl halides is 2. The Labute approximate surface area is 167 Å². The number of morpholine rings is 1. The topological polar surface area (TPSA) is 70.2 Å². The molecule has 0 unspecified atom stereocenters. The van der Waals surface area contributed by atoms with Crippen LogP contribution in [0, 0.1) is 0 Å². The molecule has 0 aliphatic carbocycles. The zero-order valence-corrected chi connectivity index (χ0v) is 16.7. The highest BCUT2D eigenvalue weighted by Gasteiger charge is 2.37. The van der Waals surface area contributed by atoms with Crippen LogP contribution in [0.2, 0.25) is 5.02 Å². The van der Waals surface area contributed by atoms with Gasteiger partial charge in [-0.2, -0.15) is 4.31 Å². The van der Waals surface area contributed by atoms with Crippen LogP contribution in [-0.2, 0) is 19.6 Å². The summed E-state index contributed by atoms with van der Waals surface area (Å²) in [7, 11) is -3.85. The highest BCUT2D eigenvalue weighted by molar-refractivity contribution is 7.89. The van der Waals surface area contributed by atoms with Gasteiger partial charge in [-0.25, -0.2) is 17.2 Å². The highest BCUT2D eigenvalue weighted by Crippen LogP contribution is 2.26. The maximum atomic E-state index is 12.9. The van der Waals surface area contributed by atoms with Crippen molar-refractivity contribution in [1.29, 1.82) is 0 Å². The van der Waals surface area contributed by atoms with E-state index in [1.165, 1.54) is 21.3 Å². The maximum absolute atomic E-state index is 12.9. The number of ether oxygens (including phenoxy) is 1. The highest BCUT2D eigenvalue weighted by atomic mass is 35.5. The molecule has 2 fully saturated rings. The molecule has 3 rings (SSSR count). The van der Waals surface area contributed by atoms with Crippen LogP contribution >= 0.6 is 11.6 Å². The van der Waals surface area contributed by atoms with Crippen LogP contribution in [0.4, 0.5) is 8.78 Å². The maximum Gasteiger partial charge on any atom is 0.253 e. The van der Waals surface area contributed by atoms with Gasteiger partial charge in [0.1, 0.15) is 11.0 Å². The first kappa shape index (κ1) is 21.4. The summed E-state index contributed by atoms with van der Waals surface area (Å²) in [4.78, 5) is 15.9. The third-order valence-corrected chi connectivity index (χ3v) is 7.20. The summed E-state index contributed by atoms with van der Waals surface area (Å²) >= 11 is 6.03. The summed E-state index contributed by atoms with van der Waals surface area (Å²) in [5, 5.41) is 0.118. The monoisotopic (exact) mass is 437 g/mol. The number of sulfonamides is 1. The molecule has 1 amide bonds. The number of halogens is 3. The molecule has 0 bridgehead atoms. The van der Waals surface area contributed by atoms with Crippen LogP contribution in [0.1, 0.15) is 0 Å². The molecule has 0 spiro atoms. The van der Waals surface area contributed by atoms with Gasteiger partial charge in [0.05, 0.1) is 18.2 Å². The Morgan fingerprint density at radius 3 is 2.50 bits per heavy atom. The van der Waals surface area contributed by atoms with Crippen molar-refractivity contribution in [3.63, 3.8) is 0 Å². The minimum atomic E-state index is -3.85. The average Bonchev–Trinajstić information content (AvgIpc) is 2.68. The van der Waals surface area contributed by atoms with Crippen LogP contribution in [0.5, 0.6) is 0 Å². The van der Waals surface area contributed by atoms with Gasteiger partial charge < -0.3 is 9.64 Å². The van der Waals surface area contributed by atoms with E-state index in [4.69, 9.17) is 16.3 Å². The van der Waals surface area contributed by atoms with E-state index in [9.17, 15) is 22.0 Å². The number of amides is 1. The molecule has 2 aliphatic heterocycles. The minimum Gasteiger partial charge on any atom is -0.366 e. The number of carbonyl (C=O) groups excluding carboxylic acids is 1. The molecule has 2 heterocycles. The number of carbonyl (C=O) groups is 1. The first-order valence-electron chi connectivity index (χ1n) is 8.94. The first-order valence-corrected chi connectivity index (χ1v) is 10.8. The lowest BCUT2D eigenvalue weighted by Crippen LogP contribution is -2.56. The van der Waals surface area contributed by atoms with Crippen molar-refractivity contribution in [2.75, 3.05) is 52.4 Å². The fourth-order valence-electron chi connectivity index (χ4n) is 3.34. The van der Waals surface area contributed by atoms with E-state index >= 15 is 0 Å². The summed E-state index contributed by atoms with van der Waals surface area (Å²) in [5.41, 5.74) is 0. The lowest BCUT2D eigenvalue weighted by atomic mass is 10.2. The Morgan fingerprint density at radius 1 is 1.18 bits per heavy atom. The smallest absolute Gasteiger partial charge is 0.253 e. The summed E-state index contributed by atoms with van der Waals surface area (Å²) in [6, 6.07) is 6.14. The standard InChI is InChI=1S/C17H22ClF2N3O4S/c18-13-3-1-2-4-15(13)28(25,26)23-9-10-27-14(11-23)17(24)22-7-5-21(6-8-22)12-16(19)20/h1-4,14,16H,5-12H2/t14-/m0/s1. The number of nitrogens with zero attached hydrogens (tertiary/aromatic N) is 3. The second kappa shape index (κ2) is 9.00. The van der Waals surface area contributed by atoms with Crippen molar-refractivity contribution in [1.82, 2.24) is 14.1 Å². The Hall–Kier alpha value is -1.33. The Bertz CT molecular complexity index is 803. The van der Waals surface area contributed by atoms with E-state index in [2.05, 4.69) is 0 Å². The molecule has 0 aromatic heterocycles. The first-order chi connectivity index (χ1) is 13.3. The third kappa shape index (κ3) is 4.80. The van der Waals surface area contributed by atoms with Crippen LogP contribution in [0.15, 0.2) is 29.2 Å². The molecule has 2 saturated heterocycles. The molecular formula is C17H22ClF2N3O4S. The summed E-state index contributed by atoms with van der Waals surface area (Å²) in [6.45, 7) is 1.11. The summed E-state index contributed by atoms with van der Waals surface area (Å²) in [6.07, 6.45) is -3.33. The average molecular weight is 438 g/mol. The number of piperazine rings is 1. The quantitative estimate of drug-likeness (QED) is 0.691. The molecular weight excluding hydrogens is 416 g/mol. The predicted octanol–water partition coefficient (Wildman–Crippen LogP) is 1.14. The van der Waals surface area contributed by atoms with Gasteiger partial charge in [-0.1, -0.05) is 23.7 Å². The molecule has 28 heavy (non-hydrogen) atoms. The second-order valence-corrected chi connectivity index (χ2v) is 8.98. The van der Waals surface area contributed by atoms with Gasteiger partial charge in [0.15, 0.2) is 0 Å². The molecule has 0 radical (unpaired) electrons. The van der Waals surface area contributed by atoms with E-state index in [0.717, 1.165) is 0 Å². The van der Waals surface area contributed by atoms with Crippen molar-refractivity contribution in [3.8, 4) is 0 Å². The van der Waals surface area contributed by atoms with Gasteiger partial charge in [-0.05, 0) is 12.1 Å². The van der Waals surface area contributed by atoms with E-state index in [1.54, 1.807) is 17.0 Å². The lowest BCUT2D eigenvalue weighted by Gasteiger charge is -2.38. The third-order valence-electron chi connectivity index (χ3n) is 4.84. The molecule has 1 aromatic rings. The van der Waals surface area contributed by atoms with Crippen molar-refractivity contribution in [2.24, 2.45) is 0 Å². The molecule has 1 atom stereocenters. The molecule has 11 heteroatoms. The Balaban J connectivity index is 1.64. The Kier molecular flexibility index (Phi) is 6.87. The predicted molar refractivity (Wildman–Crippen MR) is 99.0 cm³/mol. The zero-order valence-electron chi connectivity index (χ0n) is 15.1. The van der Waals surface area contributed by atoms with Crippen LogP contribution in [0.3, 0.4) is 0 Å². The Morgan fingerprint density at radius 2 is 1.86 bits per heavy atom. The zero-order chi connectivity index (χ0) is 20.3. The number of rotatable bonds is 5. The van der Waals surface area contributed by atoms with Gasteiger partial charge in [-0.15, -0.1) is 0 Å². The molecule has 0 N–H and O–H groups in total. The minimum absolute atomic E-state index is 0.00891. The lowest BCUT2D eigenvalue weighted by molar-refractivity contribution is -0.149. The fourth-order valence-corrected chi connectivity index (χ4v) is 5.25. The van der Waals surface area contributed by atoms with Crippen LogP contribution in [0.25, 0.3) is 0 Å².